The van der Waals surface area contributed by atoms with Crippen LogP contribution >= 0.6 is 11.6 Å². The fourth-order valence-corrected chi connectivity index (χ4v) is 3.36. The summed E-state index contributed by atoms with van der Waals surface area (Å²) in [4.78, 5) is 28.7. The van der Waals surface area contributed by atoms with Gasteiger partial charge in [-0.05, 0) is 37.6 Å². The van der Waals surface area contributed by atoms with Crippen molar-refractivity contribution < 1.29 is 14.3 Å². The maximum atomic E-state index is 12.7. The largest absolute Gasteiger partial charge is 0.479 e. The maximum absolute atomic E-state index is 12.7. The zero-order valence-electron chi connectivity index (χ0n) is 15.5. The number of nitrogens with zero attached hydrogens (tertiary/aromatic N) is 2. The third-order valence-electron chi connectivity index (χ3n) is 4.68. The number of carbonyl (C=O) groups is 2. The van der Waals surface area contributed by atoms with Crippen molar-refractivity contribution in [2.24, 2.45) is 0 Å². The van der Waals surface area contributed by atoms with Crippen LogP contribution in [0.4, 0.5) is 5.69 Å². The van der Waals surface area contributed by atoms with Crippen LogP contribution in [0.25, 0.3) is 0 Å². The van der Waals surface area contributed by atoms with Crippen molar-refractivity contribution in [3.05, 3.63) is 59.1 Å². The van der Waals surface area contributed by atoms with Crippen molar-refractivity contribution in [2.75, 3.05) is 18.0 Å². The van der Waals surface area contributed by atoms with Gasteiger partial charge in [0.1, 0.15) is 5.75 Å². The fraction of sp³-hybridized carbons (Fsp3) is 0.333. The van der Waals surface area contributed by atoms with Crippen LogP contribution in [0.3, 0.4) is 0 Å². The third kappa shape index (κ3) is 4.25. The Hall–Kier alpha value is -2.53. The molecule has 3 rings (SSSR count). The lowest BCUT2D eigenvalue weighted by Gasteiger charge is -2.33. The quantitative estimate of drug-likeness (QED) is 0.756. The zero-order valence-corrected chi connectivity index (χ0v) is 16.3. The van der Waals surface area contributed by atoms with E-state index in [1.54, 1.807) is 16.7 Å². The standard InChI is InChI=1S/C21H23ClN2O3/c1-3-23(14-16-8-4-5-9-17(16)22)20(25)12-13-24-18-10-6-7-11-19(18)27-15(2)21(24)26/h4-11,15H,3,12-14H2,1-2H3. The molecule has 0 saturated carbocycles. The summed E-state index contributed by atoms with van der Waals surface area (Å²) in [5.41, 5.74) is 1.62. The van der Waals surface area contributed by atoms with E-state index in [1.807, 2.05) is 55.5 Å². The summed E-state index contributed by atoms with van der Waals surface area (Å²) in [7, 11) is 0. The topological polar surface area (TPSA) is 49.9 Å². The number of anilines is 1. The van der Waals surface area contributed by atoms with E-state index in [1.165, 1.54) is 0 Å². The van der Waals surface area contributed by atoms with Crippen molar-refractivity contribution in [3.8, 4) is 5.75 Å². The first-order chi connectivity index (χ1) is 13.0. The average Bonchev–Trinajstić information content (AvgIpc) is 2.67. The Kier molecular flexibility index (Phi) is 6.01. The van der Waals surface area contributed by atoms with Crippen LogP contribution in [0.1, 0.15) is 25.8 Å². The van der Waals surface area contributed by atoms with Gasteiger partial charge < -0.3 is 14.5 Å². The smallest absolute Gasteiger partial charge is 0.267 e. The van der Waals surface area contributed by atoms with Crippen molar-refractivity contribution in [3.63, 3.8) is 0 Å². The molecule has 1 aliphatic heterocycles. The first kappa shape index (κ1) is 19.2. The summed E-state index contributed by atoms with van der Waals surface area (Å²) in [6.07, 6.45) is -0.314. The molecule has 1 heterocycles. The van der Waals surface area contributed by atoms with Gasteiger partial charge in [-0.2, -0.15) is 0 Å². The number of hydrogen-bond donors (Lipinski definition) is 0. The van der Waals surface area contributed by atoms with Gasteiger partial charge in [-0.25, -0.2) is 0 Å². The number of benzene rings is 2. The second kappa shape index (κ2) is 8.44. The lowest BCUT2D eigenvalue weighted by molar-refractivity contribution is -0.131. The second-order valence-corrected chi connectivity index (χ2v) is 6.87. The molecule has 0 aliphatic carbocycles. The monoisotopic (exact) mass is 386 g/mol. The van der Waals surface area contributed by atoms with Crippen LogP contribution in [0.5, 0.6) is 5.75 Å². The molecular formula is C21H23ClN2O3. The van der Waals surface area contributed by atoms with Gasteiger partial charge in [0.25, 0.3) is 5.91 Å². The van der Waals surface area contributed by atoms with Gasteiger partial charge in [0.2, 0.25) is 5.91 Å². The van der Waals surface area contributed by atoms with Gasteiger partial charge in [-0.1, -0.05) is 41.9 Å². The molecule has 0 N–H and O–H groups in total. The minimum atomic E-state index is -0.555. The van der Waals surface area contributed by atoms with Crippen LogP contribution in [-0.2, 0) is 16.1 Å². The normalized spacial score (nSPS) is 15.9. The molecule has 0 radical (unpaired) electrons. The molecule has 1 atom stereocenters. The molecule has 2 aromatic rings. The third-order valence-corrected chi connectivity index (χ3v) is 5.05. The molecule has 1 aliphatic rings. The van der Waals surface area contributed by atoms with E-state index in [2.05, 4.69) is 0 Å². The van der Waals surface area contributed by atoms with Gasteiger partial charge in [-0.3, -0.25) is 9.59 Å². The Bertz CT molecular complexity index is 840. The number of fused-ring (bicyclic) bond motifs is 1. The number of ether oxygens (including phenoxy) is 1. The van der Waals surface area contributed by atoms with E-state index in [0.29, 0.717) is 36.1 Å². The zero-order chi connectivity index (χ0) is 19.4. The summed E-state index contributed by atoms with van der Waals surface area (Å²) in [6.45, 7) is 5.02. The number of rotatable bonds is 6. The lowest BCUT2D eigenvalue weighted by atomic mass is 10.1. The minimum absolute atomic E-state index is 0.0122. The Balaban J connectivity index is 1.69. The summed E-state index contributed by atoms with van der Waals surface area (Å²) in [5, 5.41) is 0.648. The van der Waals surface area contributed by atoms with Crippen LogP contribution in [0, 0.1) is 0 Å². The first-order valence-corrected chi connectivity index (χ1v) is 9.47. The van der Waals surface area contributed by atoms with Crippen molar-refractivity contribution in [1.29, 1.82) is 0 Å². The van der Waals surface area contributed by atoms with Crippen LogP contribution in [0.2, 0.25) is 5.02 Å². The van der Waals surface area contributed by atoms with Crippen LogP contribution in [-0.4, -0.2) is 35.9 Å². The van der Waals surface area contributed by atoms with Crippen molar-refractivity contribution in [1.82, 2.24) is 4.90 Å². The second-order valence-electron chi connectivity index (χ2n) is 6.47. The first-order valence-electron chi connectivity index (χ1n) is 9.09. The summed E-state index contributed by atoms with van der Waals surface area (Å²) < 4.78 is 5.64. The van der Waals surface area contributed by atoms with E-state index in [0.717, 1.165) is 5.56 Å². The van der Waals surface area contributed by atoms with Gasteiger partial charge in [0.05, 0.1) is 5.69 Å². The van der Waals surface area contributed by atoms with E-state index < -0.39 is 6.10 Å². The Morgan fingerprint density at radius 3 is 2.63 bits per heavy atom. The molecule has 1 unspecified atom stereocenters. The molecule has 5 nitrogen and oxygen atoms in total. The van der Waals surface area contributed by atoms with Gasteiger partial charge >= 0.3 is 0 Å². The van der Waals surface area contributed by atoms with E-state index in [9.17, 15) is 9.59 Å². The fourth-order valence-electron chi connectivity index (χ4n) is 3.16. The van der Waals surface area contributed by atoms with Crippen molar-refractivity contribution in [2.45, 2.75) is 32.9 Å². The highest BCUT2D eigenvalue weighted by atomic mass is 35.5. The molecular weight excluding hydrogens is 364 g/mol. The average molecular weight is 387 g/mol. The number of amides is 2. The highest BCUT2D eigenvalue weighted by Crippen LogP contribution is 2.33. The molecule has 6 heteroatoms. The van der Waals surface area contributed by atoms with Gasteiger partial charge in [0, 0.05) is 31.1 Å². The van der Waals surface area contributed by atoms with Crippen molar-refractivity contribution >= 4 is 29.1 Å². The van der Waals surface area contributed by atoms with Gasteiger partial charge in [0.15, 0.2) is 6.10 Å². The molecule has 0 spiro atoms. The molecule has 27 heavy (non-hydrogen) atoms. The molecule has 142 valence electrons. The number of carbonyl (C=O) groups excluding carboxylic acids is 2. The molecule has 0 fully saturated rings. The summed E-state index contributed by atoms with van der Waals surface area (Å²) >= 11 is 6.22. The predicted octanol–water partition coefficient (Wildman–Crippen LogP) is 3.89. The Morgan fingerprint density at radius 2 is 1.89 bits per heavy atom. The lowest BCUT2D eigenvalue weighted by Crippen LogP contribution is -2.46. The summed E-state index contributed by atoms with van der Waals surface area (Å²) in [5.74, 6) is 0.526. The van der Waals surface area contributed by atoms with Crippen LogP contribution in [0.15, 0.2) is 48.5 Å². The minimum Gasteiger partial charge on any atom is -0.479 e. The van der Waals surface area contributed by atoms with E-state index in [-0.39, 0.29) is 18.2 Å². The Morgan fingerprint density at radius 1 is 1.19 bits per heavy atom. The van der Waals surface area contributed by atoms with E-state index >= 15 is 0 Å². The number of hydrogen-bond acceptors (Lipinski definition) is 3. The highest BCUT2D eigenvalue weighted by Gasteiger charge is 2.31. The number of halogens is 1. The maximum Gasteiger partial charge on any atom is 0.267 e. The molecule has 2 aromatic carbocycles. The SMILES string of the molecule is CCN(Cc1ccccc1Cl)C(=O)CCN1C(=O)C(C)Oc2ccccc21. The summed E-state index contributed by atoms with van der Waals surface area (Å²) in [6, 6.07) is 14.9. The predicted molar refractivity (Wildman–Crippen MR) is 106 cm³/mol. The van der Waals surface area contributed by atoms with Gasteiger partial charge in [-0.15, -0.1) is 0 Å². The van der Waals surface area contributed by atoms with Crippen LogP contribution < -0.4 is 9.64 Å². The highest BCUT2D eigenvalue weighted by molar-refractivity contribution is 6.31. The molecule has 0 aromatic heterocycles. The number of para-hydroxylation sites is 2. The molecule has 0 bridgehead atoms. The molecule has 2 amide bonds. The van der Waals surface area contributed by atoms with E-state index in [4.69, 9.17) is 16.3 Å². The molecule has 0 saturated heterocycles. The Labute approximate surface area is 164 Å².